The molecule has 0 spiro atoms. The van der Waals surface area contributed by atoms with Crippen LogP contribution in [0.5, 0.6) is 5.75 Å². The van der Waals surface area contributed by atoms with E-state index in [0.29, 0.717) is 17.0 Å². The lowest BCUT2D eigenvalue weighted by atomic mass is 10.1. The van der Waals surface area contributed by atoms with E-state index in [0.717, 1.165) is 11.1 Å². The van der Waals surface area contributed by atoms with Gasteiger partial charge < -0.3 is 15.4 Å². The summed E-state index contributed by atoms with van der Waals surface area (Å²) in [5.41, 5.74) is 2.76. The fourth-order valence-electron chi connectivity index (χ4n) is 2.47. The van der Waals surface area contributed by atoms with E-state index >= 15 is 0 Å². The molecule has 5 heteroatoms. The molecule has 0 heterocycles. The van der Waals surface area contributed by atoms with Crippen molar-refractivity contribution in [2.75, 3.05) is 5.32 Å². The molecule has 2 aromatic rings. The quantitative estimate of drug-likeness (QED) is 0.829. The van der Waals surface area contributed by atoms with Gasteiger partial charge >= 0.3 is 0 Å². The standard InChI is InChI=1S/C22H28N2O3/c1-14-10-11-15(2)19(12-14)27-16(3)20(25)23-18-9-7-8-17(13-18)21(26)24-22(4,5)6/h7-13,16H,1-6H3,(H,23,25)(H,24,26). The fraction of sp³-hybridized carbons (Fsp3) is 0.364. The highest BCUT2D eigenvalue weighted by Gasteiger charge is 2.18. The number of amides is 2. The van der Waals surface area contributed by atoms with E-state index in [2.05, 4.69) is 10.6 Å². The molecule has 0 bridgehead atoms. The Morgan fingerprint density at radius 2 is 1.74 bits per heavy atom. The number of carbonyl (C=O) groups excluding carboxylic acids is 2. The number of carbonyl (C=O) groups is 2. The lowest BCUT2D eigenvalue weighted by molar-refractivity contribution is -0.122. The summed E-state index contributed by atoms with van der Waals surface area (Å²) < 4.78 is 5.81. The molecule has 2 rings (SSSR count). The average Bonchev–Trinajstić information content (AvgIpc) is 2.56. The Labute approximate surface area is 161 Å². The number of rotatable bonds is 5. The summed E-state index contributed by atoms with van der Waals surface area (Å²) in [4.78, 5) is 24.8. The summed E-state index contributed by atoms with van der Waals surface area (Å²) in [5, 5.41) is 5.72. The number of ether oxygens (including phenoxy) is 1. The van der Waals surface area contributed by atoms with Crippen LogP contribution in [0.2, 0.25) is 0 Å². The Morgan fingerprint density at radius 1 is 1.04 bits per heavy atom. The number of nitrogens with one attached hydrogen (secondary N) is 2. The van der Waals surface area contributed by atoms with Crippen molar-refractivity contribution in [2.45, 2.75) is 53.2 Å². The van der Waals surface area contributed by atoms with Crippen molar-refractivity contribution >= 4 is 17.5 Å². The van der Waals surface area contributed by atoms with Crippen LogP contribution in [0.3, 0.4) is 0 Å². The van der Waals surface area contributed by atoms with Crippen molar-refractivity contribution in [1.29, 1.82) is 0 Å². The monoisotopic (exact) mass is 368 g/mol. The number of aryl methyl sites for hydroxylation is 2. The van der Waals surface area contributed by atoms with Gasteiger partial charge in [0.05, 0.1) is 0 Å². The van der Waals surface area contributed by atoms with Gasteiger partial charge in [-0.2, -0.15) is 0 Å². The topological polar surface area (TPSA) is 67.4 Å². The Bertz CT molecular complexity index is 838. The minimum absolute atomic E-state index is 0.182. The lowest BCUT2D eigenvalue weighted by Crippen LogP contribution is -2.40. The number of hydrogen-bond acceptors (Lipinski definition) is 3. The Morgan fingerprint density at radius 3 is 2.41 bits per heavy atom. The SMILES string of the molecule is Cc1ccc(C)c(OC(C)C(=O)Nc2cccc(C(=O)NC(C)(C)C)c2)c1. The zero-order valence-corrected chi connectivity index (χ0v) is 16.8. The molecule has 144 valence electrons. The molecule has 2 aromatic carbocycles. The predicted molar refractivity (Wildman–Crippen MR) is 108 cm³/mol. The van der Waals surface area contributed by atoms with Gasteiger partial charge in [0.15, 0.2) is 6.10 Å². The van der Waals surface area contributed by atoms with Gasteiger partial charge in [0.25, 0.3) is 11.8 Å². The largest absolute Gasteiger partial charge is 0.481 e. The molecule has 5 nitrogen and oxygen atoms in total. The Hall–Kier alpha value is -2.82. The van der Waals surface area contributed by atoms with E-state index in [1.54, 1.807) is 31.2 Å². The van der Waals surface area contributed by atoms with Crippen LogP contribution >= 0.6 is 0 Å². The van der Waals surface area contributed by atoms with E-state index in [4.69, 9.17) is 4.74 Å². The first-order valence-corrected chi connectivity index (χ1v) is 9.02. The highest BCUT2D eigenvalue weighted by molar-refractivity contribution is 5.98. The van der Waals surface area contributed by atoms with Gasteiger partial charge in [-0.15, -0.1) is 0 Å². The smallest absolute Gasteiger partial charge is 0.265 e. The molecule has 0 saturated heterocycles. The second-order valence-corrected chi connectivity index (χ2v) is 7.80. The average molecular weight is 368 g/mol. The third-order valence-corrected chi connectivity index (χ3v) is 3.90. The van der Waals surface area contributed by atoms with Crippen LogP contribution < -0.4 is 15.4 Å². The van der Waals surface area contributed by atoms with Crippen molar-refractivity contribution in [1.82, 2.24) is 5.32 Å². The van der Waals surface area contributed by atoms with Gasteiger partial charge in [0.1, 0.15) is 5.75 Å². The van der Waals surface area contributed by atoms with Crippen LogP contribution in [0.4, 0.5) is 5.69 Å². The first-order valence-electron chi connectivity index (χ1n) is 9.02. The molecule has 0 aliphatic carbocycles. The molecule has 0 aliphatic rings. The zero-order valence-electron chi connectivity index (χ0n) is 16.8. The molecule has 0 saturated carbocycles. The molecule has 0 fully saturated rings. The van der Waals surface area contributed by atoms with E-state index in [1.165, 1.54) is 0 Å². The highest BCUT2D eigenvalue weighted by Crippen LogP contribution is 2.21. The first kappa shape index (κ1) is 20.5. The summed E-state index contributed by atoms with van der Waals surface area (Å²) >= 11 is 0. The summed E-state index contributed by atoms with van der Waals surface area (Å²) in [6, 6.07) is 12.7. The summed E-state index contributed by atoms with van der Waals surface area (Å²) in [6.45, 7) is 11.4. The number of hydrogen-bond donors (Lipinski definition) is 2. The maximum absolute atomic E-state index is 12.5. The third-order valence-electron chi connectivity index (χ3n) is 3.90. The summed E-state index contributed by atoms with van der Waals surface area (Å²) in [5.74, 6) is 0.235. The van der Waals surface area contributed by atoms with Gasteiger partial charge in [-0.05, 0) is 76.9 Å². The van der Waals surface area contributed by atoms with Crippen LogP contribution in [-0.2, 0) is 4.79 Å². The minimum Gasteiger partial charge on any atom is -0.481 e. The minimum atomic E-state index is -0.669. The predicted octanol–water partition coefficient (Wildman–Crippen LogP) is 4.24. The molecule has 1 unspecified atom stereocenters. The Kier molecular flexibility index (Phi) is 6.26. The van der Waals surface area contributed by atoms with Crippen molar-refractivity contribution in [3.63, 3.8) is 0 Å². The normalized spacial score (nSPS) is 12.2. The van der Waals surface area contributed by atoms with Crippen molar-refractivity contribution in [3.8, 4) is 5.75 Å². The van der Waals surface area contributed by atoms with Gasteiger partial charge in [0.2, 0.25) is 0 Å². The first-order chi connectivity index (χ1) is 12.5. The van der Waals surface area contributed by atoms with Gasteiger partial charge in [0, 0.05) is 16.8 Å². The van der Waals surface area contributed by atoms with Gasteiger partial charge in [-0.1, -0.05) is 18.2 Å². The second-order valence-electron chi connectivity index (χ2n) is 7.80. The molecule has 0 aliphatic heterocycles. The van der Waals surface area contributed by atoms with Crippen molar-refractivity contribution < 1.29 is 14.3 Å². The molecule has 0 radical (unpaired) electrons. The highest BCUT2D eigenvalue weighted by atomic mass is 16.5. The summed E-state index contributed by atoms with van der Waals surface area (Å²) in [6.07, 6.45) is -0.669. The number of anilines is 1. The molecule has 2 N–H and O–H groups in total. The van der Waals surface area contributed by atoms with Crippen LogP contribution in [0.1, 0.15) is 49.2 Å². The molecular formula is C22H28N2O3. The van der Waals surface area contributed by atoms with E-state index in [-0.39, 0.29) is 17.4 Å². The number of benzene rings is 2. The van der Waals surface area contributed by atoms with E-state index in [1.807, 2.05) is 52.8 Å². The molecule has 2 amide bonds. The zero-order chi connectivity index (χ0) is 20.2. The van der Waals surface area contributed by atoms with E-state index in [9.17, 15) is 9.59 Å². The maximum atomic E-state index is 12.5. The third kappa shape index (κ3) is 6.13. The van der Waals surface area contributed by atoms with Crippen molar-refractivity contribution in [2.24, 2.45) is 0 Å². The fourth-order valence-corrected chi connectivity index (χ4v) is 2.47. The van der Waals surface area contributed by atoms with Gasteiger partial charge in [-0.3, -0.25) is 9.59 Å². The van der Waals surface area contributed by atoms with Crippen LogP contribution in [0.15, 0.2) is 42.5 Å². The molecular weight excluding hydrogens is 340 g/mol. The van der Waals surface area contributed by atoms with Crippen LogP contribution in [0.25, 0.3) is 0 Å². The van der Waals surface area contributed by atoms with Gasteiger partial charge in [-0.25, -0.2) is 0 Å². The molecule has 27 heavy (non-hydrogen) atoms. The van der Waals surface area contributed by atoms with Crippen LogP contribution in [-0.4, -0.2) is 23.5 Å². The van der Waals surface area contributed by atoms with Crippen LogP contribution in [0, 0.1) is 13.8 Å². The lowest BCUT2D eigenvalue weighted by Gasteiger charge is -2.21. The molecule has 1 atom stereocenters. The van der Waals surface area contributed by atoms with E-state index < -0.39 is 6.10 Å². The van der Waals surface area contributed by atoms with Crippen molar-refractivity contribution in [3.05, 3.63) is 59.2 Å². The molecule has 0 aromatic heterocycles. The second kappa shape index (κ2) is 8.25. The maximum Gasteiger partial charge on any atom is 0.265 e. The Balaban J connectivity index is 2.05. The summed E-state index contributed by atoms with van der Waals surface area (Å²) in [7, 11) is 0.